The minimum Gasteiger partial charge on any atom is -0.496 e. The van der Waals surface area contributed by atoms with E-state index in [1.807, 2.05) is 36.4 Å². The Hall–Kier alpha value is -2.34. The summed E-state index contributed by atoms with van der Waals surface area (Å²) in [4.78, 5) is 12.0. The van der Waals surface area contributed by atoms with Crippen molar-refractivity contribution < 1.29 is 14.3 Å². The first-order valence-corrected chi connectivity index (χ1v) is 7.15. The standard InChI is InChI=1S/C16H18N2O3S/c1-10-14(15(19)21-3)12(18-16(22)17-10)9-8-11-6-4-5-7-13(11)20-2/h4-9,12H,1-3H3,(H2,17,18,22)/b9-8+. The van der Waals surface area contributed by atoms with Gasteiger partial charge in [-0.15, -0.1) is 0 Å². The van der Waals surface area contributed by atoms with Gasteiger partial charge in [-0.3, -0.25) is 0 Å². The number of esters is 1. The van der Waals surface area contributed by atoms with Gasteiger partial charge in [-0.2, -0.15) is 0 Å². The molecule has 1 heterocycles. The third-order valence-electron chi connectivity index (χ3n) is 3.32. The lowest BCUT2D eigenvalue weighted by Gasteiger charge is -2.27. The van der Waals surface area contributed by atoms with Crippen molar-refractivity contribution in [2.45, 2.75) is 13.0 Å². The fourth-order valence-corrected chi connectivity index (χ4v) is 2.54. The fourth-order valence-electron chi connectivity index (χ4n) is 2.26. The van der Waals surface area contributed by atoms with Gasteiger partial charge in [-0.25, -0.2) is 4.79 Å². The summed E-state index contributed by atoms with van der Waals surface area (Å²) in [7, 11) is 2.98. The Balaban J connectivity index is 2.33. The number of benzene rings is 1. The van der Waals surface area contributed by atoms with Crippen LogP contribution in [0.15, 0.2) is 41.6 Å². The van der Waals surface area contributed by atoms with Gasteiger partial charge < -0.3 is 20.1 Å². The van der Waals surface area contributed by atoms with E-state index in [4.69, 9.17) is 21.7 Å². The van der Waals surface area contributed by atoms with Crippen LogP contribution < -0.4 is 15.4 Å². The molecule has 0 radical (unpaired) electrons. The molecule has 1 unspecified atom stereocenters. The van der Waals surface area contributed by atoms with Crippen molar-refractivity contribution >= 4 is 29.4 Å². The van der Waals surface area contributed by atoms with Crippen molar-refractivity contribution in [3.05, 3.63) is 47.2 Å². The third kappa shape index (κ3) is 3.46. The molecular formula is C16H18N2O3S. The predicted molar refractivity (Wildman–Crippen MR) is 89.4 cm³/mol. The van der Waals surface area contributed by atoms with E-state index in [1.54, 1.807) is 14.0 Å². The molecule has 1 aromatic carbocycles. The summed E-state index contributed by atoms with van der Waals surface area (Å²) >= 11 is 5.15. The Kier molecular flexibility index (Phi) is 5.16. The SMILES string of the molecule is COC(=O)C1=C(C)NC(=S)NC1/C=C/c1ccccc1OC. The average molecular weight is 318 g/mol. The monoisotopic (exact) mass is 318 g/mol. The molecule has 0 amide bonds. The fraction of sp³-hybridized carbons (Fsp3) is 0.250. The zero-order valence-electron chi connectivity index (χ0n) is 12.7. The normalized spacial score (nSPS) is 18.0. The molecular weight excluding hydrogens is 300 g/mol. The van der Waals surface area contributed by atoms with Crippen molar-refractivity contribution in [2.24, 2.45) is 0 Å². The molecule has 0 fully saturated rings. The molecule has 0 saturated carbocycles. The van der Waals surface area contributed by atoms with Gasteiger partial charge in [0.25, 0.3) is 0 Å². The van der Waals surface area contributed by atoms with Gasteiger partial charge in [0.1, 0.15) is 5.75 Å². The van der Waals surface area contributed by atoms with Crippen LogP contribution in [0.3, 0.4) is 0 Å². The summed E-state index contributed by atoms with van der Waals surface area (Å²) in [6.45, 7) is 1.79. The Bertz CT molecular complexity index is 653. The second-order valence-electron chi connectivity index (χ2n) is 4.71. The van der Waals surface area contributed by atoms with Crippen molar-refractivity contribution in [2.75, 3.05) is 14.2 Å². The van der Waals surface area contributed by atoms with Crippen molar-refractivity contribution in [3.8, 4) is 5.75 Å². The van der Waals surface area contributed by atoms with Crippen LogP contribution in [0.2, 0.25) is 0 Å². The average Bonchev–Trinajstić information content (AvgIpc) is 2.52. The maximum Gasteiger partial charge on any atom is 0.337 e. The zero-order valence-corrected chi connectivity index (χ0v) is 13.5. The van der Waals surface area contributed by atoms with E-state index in [1.165, 1.54) is 7.11 Å². The van der Waals surface area contributed by atoms with E-state index >= 15 is 0 Å². The van der Waals surface area contributed by atoms with E-state index in [0.29, 0.717) is 16.4 Å². The minimum absolute atomic E-state index is 0.355. The number of carbonyl (C=O) groups is 1. The topological polar surface area (TPSA) is 59.6 Å². The van der Waals surface area contributed by atoms with Gasteiger partial charge in [0.2, 0.25) is 0 Å². The van der Waals surface area contributed by atoms with Gasteiger partial charge in [-0.1, -0.05) is 30.4 Å². The summed E-state index contributed by atoms with van der Waals surface area (Å²) in [5, 5.41) is 6.46. The lowest BCUT2D eigenvalue weighted by atomic mass is 10.0. The molecule has 1 aromatic rings. The quantitative estimate of drug-likeness (QED) is 0.654. The lowest BCUT2D eigenvalue weighted by molar-refractivity contribution is -0.136. The number of thiocarbonyl (C=S) groups is 1. The van der Waals surface area contributed by atoms with Gasteiger partial charge in [-0.05, 0) is 25.2 Å². The second kappa shape index (κ2) is 7.09. The first-order valence-electron chi connectivity index (χ1n) is 6.74. The Morgan fingerprint density at radius 2 is 2.05 bits per heavy atom. The minimum atomic E-state index is -0.394. The van der Waals surface area contributed by atoms with E-state index in [0.717, 1.165) is 11.3 Å². The van der Waals surface area contributed by atoms with Gasteiger partial charge in [0, 0.05) is 11.3 Å². The number of hydrogen-bond donors (Lipinski definition) is 2. The maximum atomic E-state index is 12.0. The van der Waals surface area contributed by atoms with E-state index in [9.17, 15) is 4.79 Å². The number of methoxy groups -OCH3 is 2. The van der Waals surface area contributed by atoms with Crippen LogP contribution in [0.5, 0.6) is 5.75 Å². The van der Waals surface area contributed by atoms with Crippen LogP contribution in [0.25, 0.3) is 6.08 Å². The van der Waals surface area contributed by atoms with Crippen LogP contribution in [0.4, 0.5) is 0 Å². The molecule has 1 atom stereocenters. The number of hydrogen-bond acceptors (Lipinski definition) is 4. The molecule has 0 aliphatic carbocycles. The molecule has 1 aliphatic heterocycles. The summed E-state index contributed by atoms with van der Waals surface area (Å²) in [5.74, 6) is 0.366. The molecule has 0 spiro atoms. The molecule has 2 N–H and O–H groups in total. The van der Waals surface area contributed by atoms with Crippen LogP contribution in [0.1, 0.15) is 12.5 Å². The summed E-state index contributed by atoms with van der Waals surface area (Å²) in [5.41, 5.74) is 2.10. The number of nitrogens with one attached hydrogen (secondary N) is 2. The molecule has 6 heteroatoms. The Labute approximate surface area is 135 Å². The van der Waals surface area contributed by atoms with Crippen LogP contribution >= 0.6 is 12.2 Å². The molecule has 5 nitrogen and oxygen atoms in total. The van der Waals surface area contributed by atoms with Gasteiger partial charge in [0.05, 0.1) is 25.8 Å². The highest BCUT2D eigenvalue weighted by Crippen LogP contribution is 2.21. The van der Waals surface area contributed by atoms with Gasteiger partial charge in [0.15, 0.2) is 5.11 Å². The first-order chi connectivity index (χ1) is 10.6. The highest BCUT2D eigenvalue weighted by molar-refractivity contribution is 7.80. The summed E-state index contributed by atoms with van der Waals surface area (Å²) < 4.78 is 10.2. The molecule has 116 valence electrons. The van der Waals surface area contributed by atoms with E-state index in [2.05, 4.69) is 10.6 Å². The number of para-hydroxylation sites is 1. The highest BCUT2D eigenvalue weighted by Gasteiger charge is 2.27. The maximum absolute atomic E-state index is 12.0. The molecule has 22 heavy (non-hydrogen) atoms. The van der Waals surface area contributed by atoms with E-state index in [-0.39, 0.29) is 6.04 Å². The number of carbonyl (C=O) groups excluding carboxylic acids is 1. The predicted octanol–water partition coefficient (Wildman–Crippen LogP) is 2.00. The van der Waals surface area contributed by atoms with Crippen LogP contribution in [0, 0.1) is 0 Å². The smallest absolute Gasteiger partial charge is 0.337 e. The summed E-state index contributed by atoms with van der Waals surface area (Å²) in [6, 6.07) is 7.28. The Morgan fingerprint density at radius 1 is 1.32 bits per heavy atom. The molecule has 0 bridgehead atoms. The zero-order chi connectivity index (χ0) is 16.1. The molecule has 1 aliphatic rings. The van der Waals surface area contributed by atoms with Crippen molar-refractivity contribution in [3.63, 3.8) is 0 Å². The number of rotatable bonds is 4. The second-order valence-corrected chi connectivity index (χ2v) is 5.12. The van der Waals surface area contributed by atoms with Crippen molar-refractivity contribution in [1.29, 1.82) is 0 Å². The number of allylic oxidation sites excluding steroid dienone is 1. The number of ether oxygens (including phenoxy) is 2. The van der Waals surface area contributed by atoms with E-state index < -0.39 is 5.97 Å². The van der Waals surface area contributed by atoms with Crippen LogP contribution in [-0.4, -0.2) is 31.3 Å². The first kappa shape index (κ1) is 16.0. The third-order valence-corrected chi connectivity index (χ3v) is 3.54. The molecule has 0 saturated heterocycles. The van der Waals surface area contributed by atoms with Crippen molar-refractivity contribution in [1.82, 2.24) is 10.6 Å². The highest BCUT2D eigenvalue weighted by atomic mass is 32.1. The lowest BCUT2D eigenvalue weighted by Crippen LogP contribution is -2.48. The molecule has 2 rings (SSSR count). The Morgan fingerprint density at radius 3 is 2.73 bits per heavy atom. The molecule has 0 aromatic heterocycles. The van der Waals surface area contributed by atoms with Gasteiger partial charge >= 0.3 is 5.97 Å². The van der Waals surface area contributed by atoms with Crippen LogP contribution in [-0.2, 0) is 9.53 Å². The largest absolute Gasteiger partial charge is 0.496 e. The summed E-state index contributed by atoms with van der Waals surface area (Å²) in [6.07, 6.45) is 3.75.